The van der Waals surface area contributed by atoms with Gasteiger partial charge in [-0.25, -0.2) is 0 Å². The van der Waals surface area contributed by atoms with Gasteiger partial charge in [0, 0.05) is 49.2 Å². The quantitative estimate of drug-likeness (QED) is 0.316. The number of aromatic nitrogens is 4. The molecule has 5 heterocycles. The molecule has 45 heavy (non-hydrogen) atoms. The van der Waals surface area contributed by atoms with Gasteiger partial charge in [0.25, 0.3) is 0 Å². The number of amides is 1. The number of hydrogen-bond donors (Lipinski definition) is 1. The molecule has 4 unspecified atom stereocenters. The van der Waals surface area contributed by atoms with Crippen LogP contribution in [0.4, 0.5) is 10.8 Å². The summed E-state index contributed by atoms with van der Waals surface area (Å²) in [5.41, 5.74) is 7.47. The van der Waals surface area contributed by atoms with Crippen molar-refractivity contribution in [2.75, 3.05) is 50.4 Å². The maximum atomic E-state index is 12.2. The highest BCUT2D eigenvalue weighted by Gasteiger charge is 2.45. The summed E-state index contributed by atoms with van der Waals surface area (Å²) in [5, 5.41) is 14.8. The van der Waals surface area contributed by atoms with Crippen LogP contribution in [-0.4, -0.2) is 87.7 Å². The van der Waals surface area contributed by atoms with Crippen molar-refractivity contribution in [3.05, 3.63) is 52.8 Å². The first-order valence-corrected chi connectivity index (χ1v) is 16.3. The van der Waals surface area contributed by atoms with E-state index in [1.54, 1.807) is 4.90 Å². The molecule has 2 saturated heterocycles. The predicted molar refractivity (Wildman–Crippen MR) is 170 cm³/mol. The Morgan fingerprint density at radius 3 is 2.82 bits per heavy atom. The van der Waals surface area contributed by atoms with E-state index >= 15 is 0 Å². The van der Waals surface area contributed by atoms with E-state index < -0.39 is 5.41 Å². The van der Waals surface area contributed by atoms with Crippen LogP contribution < -0.4 is 15.4 Å². The van der Waals surface area contributed by atoms with Crippen molar-refractivity contribution >= 4 is 28.1 Å². The van der Waals surface area contributed by atoms with Gasteiger partial charge in [0.1, 0.15) is 28.7 Å². The number of carbonyl (C=O) groups is 1. The highest BCUT2D eigenvalue weighted by Crippen LogP contribution is 2.48. The number of anilines is 2. The fraction of sp³-hybridized carbons (Fsp3) is 0.500. The van der Waals surface area contributed by atoms with Crippen molar-refractivity contribution in [2.45, 2.75) is 50.7 Å². The number of nitrogens with zero attached hydrogens (tertiary/aromatic N) is 8. The van der Waals surface area contributed by atoms with Crippen LogP contribution in [0, 0.1) is 23.2 Å². The van der Waals surface area contributed by atoms with Crippen LogP contribution in [0.25, 0.3) is 11.5 Å². The molecule has 2 aliphatic carbocycles. The van der Waals surface area contributed by atoms with E-state index in [-0.39, 0.29) is 24.1 Å². The number of likely N-dealkylation sites (N-methyl/N-ethyl adjacent to an activating group) is 1. The van der Waals surface area contributed by atoms with Crippen LogP contribution in [0.3, 0.4) is 0 Å². The number of aryl methyl sites for hydroxylation is 1. The summed E-state index contributed by atoms with van der Waals surface area (Å²) < 4.78 is 12.5. The number of hydrogen-bond acceptors (Lipinski definition) is 12. The largest absolute Gasteiger partial charge is 0.454 e. The summed E-state index contributed by atoms with van der Waals surface area (Å²) >= 11 is 1.47. The average molecular weight is 628 g/mol. The Morgan fingerprint density at radius 1 is 1.27 bits per heavy atom. The van der Waals surface area contributed by atoms with Gasteiger partial charge in [-0.3, -0.25) is 9.69 Å². The van der Waals surface area contributed by atoms with Crippen LogP contribution in [-0.2, 0) is 16.6 Å². The standard InChI is InChI=1S/C32H37N9O3S/c1-5-25(42)41-13-11-40(12-14-41)24-15-21(35-31(36-24)43-22-9-8-19-17-39(4)27(22)18(19)2)29-37-30(44-38-29)32(3)10-6-7-23-26(32)20(16-33)28(34)45-23/h5,8-9,15,18-19,22,27H,1,6-7,10-14,17,34H2,2-4H3/t18?,19?,22?,27?,32-/m0/s1. The average Bonchev–Trinajstić information content (AvgIpc) is 3.71. The Kier molecular flexibility index (Phi) is 7.37. The monoisotopic (exact) mass is 627 g/mol. The first-order chi connectivity index (χ1) is 21.7. The minimum Gasteiger partial charge on any atom is -0.454 e. The van der Waals surface area contributed by atoms with Crippen molar-refractivity contribution in [1.82, 2.24) is 29.9 Å². The molecule has 2 fully saturated rings. The molecule has 0 aromatic carbocycles. The highest BCUT2D eigenvalue weighted by molar-refractivity contribution is 7.16. The minimum atomic E-state index is -0.645. The Hall–Kier alpha value is -4.28. The van der Waals surface area contributed by atoms with Crippen LogP contribution in [0.5, 0.6) is 6.01 Å². The summed E-state index contributed by atoms with van der Waals surface area (Å²) in [6, 6.07) is 4.61. The normalized spacial score (nSPS) is 27.7. The SMILES string of the molecule is C=CC(=O)N1CCN(c2cc(-c3noc([C@@]4(C)CCCc5sc(N)c(C#N)c54)n3)nc(OC3C=CC4CN(C)C3C4C)n2)CC1. The second kappa shape index (κ2) is 11.3. The molecule has 1 amide bonds. The van der Waals surface area contributed by atoms with Crippen LogP contribution >= 0.6 is 11.3 Å². The van der Waals surface area contributed by atoms with Crippen molar-refractivity contribution in [3.8, 4) is 23.6 Å². The zero-order chi connectivity index (χ0) is 31.5. The lowest BCUT2D eigenvalue weighted by molar-refractivity contribution is -0.126. The second-order valence-corrected chi connectivity index (χ2v) is 13.8. The molecule has 12 nitrogen and oxygen atoms in total. The Balaban J connectivity index is 1.24. The maximum Gasteiger partial charge on any atom is 0.319 e. The summed E-state index contributed by atoms with van der Waals surface area (Å²) in [4.78, 5) is 34.1. The maximum absolute atomic E-state index is 12.2. The van der Waals surface area contributed by atoms with E-state index in [0.29, 0.717) is 71.8 Å². The predicted octanol–water partition coefficient (Wildman–Crippen LogP) is 3.40. The van der Waals surface area contributed by atoms with Gasteiger partial charge in [0.2, 0.25) is 17.6 Å². The number of piperazine rings is 1. The molecule has 13 heteroatoms. The number of likely N-dealkylation sites (tertiary alicyclic amines) is 1. The van der Waals surface area contributed by atoms with Gasteiger partial charge < -0.3 is 24.8 Å². The van der Waals surface area contributed by atoms with Gasteiger partial charge in [-0.15, -0.1) is 11.3 Å². The Labute approximate surface area is 266 Å². The number of thiophene rings is 1. The molecule has 0 radical (unpaired) electrons. The summed E-state index contributed by atoms with van der Waals surface area (Å²) in [7, 11) is 2.13. The summed E-state index contributed by atoms with van der Waals surface area (Å²) in [6.45, 7) is 11.2. The van der Waals surface area contributed by atoms with Gasteiger partial charge in [-0.05, 0) is 57.2 Å². The molecule has 2 aliphatic heterocycles. The number of carbonyl (C=O) groups excluding carboxylic acids is 1. The summed E-state index contributed by atoms with van der Waals surface area (Å²) in [5.74, 6) is 2.30. The molecule has 3 aromatic rings. The molecule has 0 saturated carbocycles. The fourth-order valence-electron chi connectivity index (χ4n) is 7.55. The number of ether oxygens (including phenoxy) is 1. The first-order valence-electron chi connectivity index (χ1n) is 15.5. The number of fused-ring (bicyclic) bond motifs is 3. The lowest BCUT2D eigenvalue weighted by Gasteiger charge is -2.35. The van der Waals surface area contributed by atoms with Gasteiger partial charge in [0.15, 0.2) is 0 Å². The van der Waals surface area contributed by atoms with Crippen molar-refractivity contribution < 1.29 is 14.1 Å². The smallest absolute Gasteiger partial charge is 0.319 e. The molecule has 2 N–H and O–H groups in total. The van der Waals surface area contributed by atoms with Gasteiger partial charge in [-0.1, -0.05) is 24.7 Å². The zero-order valence-electron chi connectivity index (χ0n) is 25.8. The fourth-order valence-corrected chi connectivity index (χ4v) is 8.74. The van der Waals surface area contributed by atoms with Crippen molar-refractivity contribution in [2.24, 2.45) is 11.8 Å². The minimum absolute atomic E-state index is 0.0788. The van der Waals surface area contributed by atoms with E-state index in [2.05, 4.69) is 53.7 Å². The molecule has 7 rings (SSSR count). The molecule has 2 bridgehead atoms. The third-order valence-electron chi connectivity index (χ3n) is 10.0. The molecular weight excluding hydrogens is 590 g/mol. The number of nitriles is 1. The van der Waals surface area contributed by atoms with Crippen LogP contribution in [0.1, 0.15) is 48.6 Å². The topological polar surface area (TPSA) is 151 Å². The van der Waals surface area contributed by atoms with E-state index in [1.165, 1.54) is 17.4 Å². The van der Waals surface area contributed by atoms with Gasteiger partial charge >= 0.3 is 6.01 Å². The Morgan fingerprint density at radius 2 is 2.07 bits per heavy atom. The van der Waals surface area contributed by atoms with Crippen LogP contribution in [0.15, 0.2) is 35.4 Å². The number of rotatable bonds is 6. The van der Waals surface area contributed by atoms with E-state index in [1.807, 2.05) is 13.0 Å². The molecule has 0 spiro atoms. The third kappa shape index (κ3) is 4.96. The molecular formula is C32H37N9O3S. The number of nitrogen functional groups attached to an aromatic ring is 1. The van der Waals surface area contributed by atoms with Crippen LogP contribution in [0.2, 0.25) is 0 Å². The second-order valence-electron chi connectivity index (χ2n) is 12.7. The van der Waals surface area contributed by atoms with Crippen molar-refractivity contribution in [3.63, 3.8) is 0 Å². The van der Waals surface area contributed by atoms with E-state index in [9.17, 15) is 10.1 Å². The lowest BCUT2D eigenvalue weighted by atomic mass is 9.72. The number of nitrogens with two attached hydrogens (primary N) is 1. The highest BCUT2D eigenvalue weighted by atomic mass is 32.1. The van der Waals surface area contributed by atoms with E-state index in [4.69, 9.17) is 29.9 Å². The van der Waals surface area contributed by atoms with Gasteiger partial charge in [-0.2, -0.15) is 20.2 Å². The first kappa shape index (κ1) is 29.4. The molecule has 4 aliphatic rings. The summed E-state index contributed by atoms with van der Waals surface area (Å²) in [6.07, 6.45) is 8.06. The van der Waals surface area contributed by atoms with Crippen molar-refractivity contribution in [1.29, 1.82) is 5.26 Å². The lowest BCUT2D eigenvalue weighted by Crippen LogP contribution is -2.48. The molecule has 3 aromatic heterocycles. The third-order valence-corrected chi connectivity index (χ3v) is 11.1. The van der Waals surface area contributed by atoms with Gasteiger partial charge in [0.05, 0.1) is 17.0 Å². The molecule has 5 atom stereocenters. The molecule has 234 valence electrons. The zero-order valence-corrected chi connectivity index (χ0v) is 26.6. The van der Waals surface area contributed by atoms with E-state index in [0.717, 1.165) is 36.2 Å². The Bertz CT molecular complexity index is 1720.